The first-order valence-corrected chi connectivity index (χ1v) is 11.0. The van der Waals surface area contributed by atoms with Crippen LogP contribution in [0.1, 0.15) is 21.6 Å². The molecule has 0 aliphatic carbocycles. The van der Waals surface area contributed by atoms with E-state index in [1.54, 1.807) is 48.7 Å². The second kappa shape index (κ2) is 10.5. The molecule has 0 saturated carbocycles. The maximum atomic E-state index is 13.6. The normalized spacial score (nSPS) is 15.4. The highest BCUT2D eigenvalue weighted by molar-refractivity contribution is 6.31. The van der Waals surface area contributed by atoms with Crippen molar-refractivity contribution in [3.63, 3.8) is 0 Å². The number of nitrogens with one attached hydrogen (secondary N) is 2. The lowest BCUT2D eigenvalue weighted by Crippen LogP contribution is -2.46. The quantitative estimate of drug-likeness (QED) is 0.541. The molecule has 3 amide bonds. The first kappa shape index (κ1) is 23.4. The molecule has 2 heterocycles. The molecule has 0 radical (unpaired) electrons. The third kappa shape index (κ3) is 5.41. The van der Waals surface area contributed by atoms with E-state index in [1.807, 2.05) is 18.2 Å². The maximum absolute atomic E-state index is 13.6. The Labute approximate surface area is 201 Å². The summed E-state index contributed by atoms with van der Waals surface area (Å²) in [6, 6.07) is 16.6. The van der Waals surface area contributed by atoms with Gasteiger partial charge in [-0.1, -0.05) is 29.8 Å². The third-order valence-corrected chi connectivity index (χ3v) is 5.61. The fourth-order valence-corrected chi connectivity index (χ4v) is 4.01. The van der Waals surface area contributed by atoms with Crippen molar-refractivity contribution in [1.29, 1.82) is 0 Å². The maximum Gasteiger partial charge on any atom is 0.256 e. The average Bonchev–Trinajstić information content (AvgIpc) is 2.90. The minimum absolute atomic E-state index is 0.0689. The minimum Gasteiger partial charge on any atom is -0.375 e. The predicted octanol–water partition coefficient (Wildman–Crippen LogP) is 3.53. The Balaban J connectivity index is 1.68. The molecule has 1 aromatic heterocycles. The van der Waals surface area contributed by atoms with Gasteiger partial charge in [-0.2, -0.15) is 0 Å². The number of hydrogen-bond donors (Lipinski definition) is 2. The van der Waals surface area contributed by atoms with Crippen LogP contribution in [0.5, 0.6) is 0 Å². The van der Waals surface area contributed by atoms with Crippen molar-refractivity contribution in [2.45, 2.75) is 19.0 Å². The van der Waals surface area contributed by atoms with Gasteiger partial charge in [-0.05, 0) is 48.0 Å². The van der Waals surface area contributed by atoms with Crippen molar-refractivity contribution in [3.8, 4) is 0 Å². The van der Waals surface area contributed by atoms with E-state index in [1.165, 1.54) is 12.0 Å². The molecule has 0 bridgehead atoms. The van der Waals surface area contributed by atoms with Gasteiger partial charge in [0.05, 0.1) is 11.3 Å². The number of anilines is 2. The second-order valence-electron chi connectivity index (χ2n) is 7.83. The lowest BCUT2D eigenvalue weighted by Gasteiger charge is -2.29. The molecule has 0 fully saturated rings. The zero-order valence-corrected chi connectivity index (χ0v) is 19.2. The summed E-state index contributed by atoms with van der Waals surface area (Å²) in [5.41, 5.74) is 2.73. The molecule has 1 aliphatic rings. The number of benzene rings is 2. The van der Waals surface area contributed by atoms with E-state index in [-0.39, 0.29) is 37.3 Å². The molecule has 4 rings (SSSR count). The van der Waals surface area contributed by atoms with Crippen LogP contribution in [0.25, 0.3) is 0 Å². The van der Waals surface area contributed by atoms with E-state index in [2.05, 4.69) is 15.6 Å². The zero-order chi connectivity index (χ0) is 24.1. The Morgan fingerprint density at radius 2 is 2.00 bits per heavy atom. The smallest absolute Gasteiger partial charge is 0.256 e. The lowest BCUT2D eigenvalue weighted by atomic mass is 10.1. The van der Waals surface area contributed by atoms with Crippen molar-refractivity contribution in [2.24, 2.45) is 0 Å². The minimum atomic E-state index is -0.805. The van der Waals surface area contributed by atoms with Gasteiger partial charge in [-0.15, -0.1) is 0 Å². The molecule has 1 unspecified atom stereocenters. The molecule has 2 aromatic carbocycles. The number of methoxy groups -OCH3 is 1. The van der Waals surface area contributed by atoms with Gasteiger partial charge in [0.25, 0.3) is 5.91 Å². The summed E-state index contributed by atoms with van der Waals surface area (Å²) in [4.78, 5) is 44.7. The molecule has 1 aliphatic heterocycles. The molecule has 174 valence electrons. The molecule has 34 heavy (non-hydrogen) atoms. The van der Waals surface area contributed by atoms with Crippen molar-refractivity contribution in [1.82, 2.24) is 9.88 Å². The number of pyridine rings is 1. The number of carbonyl (C=O) groups excluding carboxylic acids is 3. The number of nitrogens with zero attached hydrogens (tertiary/aromatic N) is 2. The summed E-state index contributed by atoms with van der Waals surface area (Å²) in [5.74, 6) is -0.923. The molecule has 2 N–H and O–H groups in total. The first-order chi connectivity index (χ1) is 16.4. The highest BCUT2D eigenvalue weighted by atomic mass is 35.5. The Morgan fingerprint density at radius 1 is 1.15 bits per heavy atom. The Bertz CT molecular complexity index is 1220. The van der Waals surface area contributed by atoms with Crippen LogP contribution in [0, 0.1) is 0 Å². The SMILES string of the molecule is COCC(=O)Nc1cccc(CN2C(=O)c3ccc(Cl)cc3NC(=O)C2Cc2ccccn2)c1. The van der Waals surface area contributed by atoms with Crippen LogP contribution in [0.15, 0.2) is 66.9 Å². The van der Waals surface area contributed by atoms with Crippen molar-refractivity contribution < 1.29 is 19.1 Å². The highest BCUT2D eigenvalue weighted by Gasteiger charge is 2.36. The average molecular weight is 479 g/mol. The number of amides is 3. The highest BCUT2D eigenvalue weighted by Crippen LogP contribution is 2.29. The molecule has 9 heteroatoms. The number of hydrogen-bond acceptors (Lipinski definition) is 5. The van der Waals surface area contributed by atoms with E-state index < -0.39 is 6.04 Å². The first-order valence-electron chi connectivity index (χ1n) is 10.6. The Morgan fingerprint density at radius 3 is 2.76 bits per heavy atom. The van der Waals surface area contributed by atoms with Crippen LogP contribution < -0.4 is 10.6 Å². The molecular formula is C25H23ClN4O4. The molecule has 0 spiro atoms. The van der Waals surface area contributed by atoms with Crippen LogP contribution in [0.4, 0.5) is 11.4 Å². The van der Waals surface area contributed by atoms with Crippen LogP contribution >= 0.6 is 11.6 Å². The van der Waals surface area contributed by atoms with Gasteiger partial charge in [0.15, 0.2) is 0 Å². The van der Waals surface area contributed by atoms with Gasteiger partial charge in [0.1, 0.15) is 12.6 Å². The van der Waals surface area contributed by atoms with Crippen LogP contribution in [0.3, 0.4) is 0 Å². The molecule has 3 aromatic rings. The summed E-state index contributed by atoms with van der Waals surface area (Å²) in [7, 11) is 1.44. The van der Waals surface area contributed by atoms with Gasteiger partial charge in [0, 0.05) is 42.7 Å². The lowest BCUT2D eigenvalue weighted by molar-refractivity contribution is -0.121. The summed E-state index contributed by atoms with van der Waals surface area (Å²) < 4.78 is 4.85. The van der Waals surface area contributed by atoms with Gasteiger partial charge in [0.2, 0.25) is 11.8 Å². The summed E-state index contributed by atoms with van der Waals surface area (Å²) >= 11 is 6.11. The van der Waals surface area contributed by atoms with Crippen molar-refractivity contribution in [2.75, 3.05) is 24.4 Å². The third-order valence-electron chi connectivity index (χ3n) is 5.38. The molecular weight excluding hydrogens is 456 g/mol. The van der Waals surface area contributed by atoms with Crippen LogP contribution in [0.2, 0.25) is 5.02 Å². The number of carbonyl (C=O) groups is 3. The predicted molar refractivity (Wildman–Crippen MR) is 129 cm³/mol. The van der Waals surface area contributed by atoms with Crippen molar-refractivity contribution >= 4 is 40.7 Å². The van der Waals surface area contributed by atoms with E-state index >= 15 is 0 Å². The number of halogens is 1. The standard InChI is InChI=1S/C25H23ClN4O4/c1-34-15-23(31)28-19-7-4-5-16(11-19)14-30-22(13-18-6-2-3-10-27-18)24(32)29-21-12-17(26)8-9-20(21)25(30)33/h2-12,22H,13-15H2,1H3,(H,28,31)(H,29,32). The molecule has 8 nitrogen and oxygen atoms in total. The van der Waals surface area contributed by atoms with Gasteiger partial charge in [-0.25, -0.2) is 0 Å². The van der Waals surface area contributed by atoms with Crippen LogP contribution in [-0.4, -0.2) is 47.4 Å². The summed E-state index contributed by atoms with van der Waals surface area (Å²) in [6.07, 6.45) is 1.89. The summed E-state index contributed by atoms with van der Waals surface area (Å²) in [5, 5.41) is 6.02. The zero-order valence-electron chi connectivity index (χ0n) is 18.5. The summed E-state index contributed by atoms with van der Waals surface area (Å²) in [6.45, 7) is 0.0836. The largest absolute Gasteiger partial charge is 0.375 e. The van der Waals surface area contributed by atoms with E-state index in [4.69, 9.17) is 16.3 Å². The van der Waals surface area contributed by atoms with Crippen LogP contribution in [-0.2, 0) is 27.3 Å². The number of fused-ring (bicyclic) bond motifs is 1. The van der Waals surface area contributed by atoms with E-state index in [0.717, 1.165) is 5.56 Å². The number of aromatic nitrogens is 1. The van der Waals surface area contributed by atoms with E-state index in [0.29, 0.717) is 27.7 Å². The second-order valence-corrected chi connectivity index (χ2v) is 8.27. The van der Waals surface area contributed by atoms with Gasteiger partial charge >= 0.3 is 0 Å². The number of rotatable bonds is 7. The fraction of sp³-hybridized carbons (Fsp3) is 0.200. The molecule has 1 atom stereocenters. The monoisotopic (exact) mass is 478 g/mol. The number of ether oxygens (including phenoxy) is 1. The van der Waals surface area contributed by atoms with E-state index in [9.17, 15) is 14.4 Å². The topological polar surface area (TPSA) is 101 Å². The Kier molecular flexibility index (Phi) is 7.20. The molecule has 0 saturated heterocycles. The van der Waals surface area contributed by atoms with Crippen molar-refractivity contribution in [3.05, 3.63) is 88.7 Å². The van der Waals surface area contributed by atoms with Gasteiger partial charge in [-0.3, -0.25) is 19.4 Å². The fourth-order valence-electron chi connectivity index (χ4n) is 3.83. The Hall–Kier alpha value is -3.75. The van der Waals surface area contributed by atoms with Gasteiger partial charge < -0.3 is 20.3 Å².